The molecule has 0 aliphatic carbocycles. The first kappa shape index (κ1) is 11.7. The summed E-state index contributed by atoms with van der Waals surface area (Å²) in [5.74, 6) is 0.187. The van der Waals surface area contributed by atoms with Gasteiger partial charge in [-0.2, -0.15) is 5.26 Å². The van der Waals surface area contributed by atoms with Crippen LogP contribution in [0.1, 0.15) is 5.56 Å². The molecule has 0 bridgehead atoms. The molecule has 0 amide bonds. The molecule has 0 unspecified atom stereocenters. The molecule has 16 heavy (non-hydrogen) atoms. The predicted octanol–water partition coefficient (Wildman–Crippen LogP) is 2.23. The van der Waals surface area contributed by atoms with Gasteiger partial charge < -0.3 is 4.74 Å². The van der Waals surface area contributed by atoms with Crippen molar-refractivity contribution in [2.75, 3.05) is 6.61 Å². The van der Waals surface area contributed by atoms with E-state index < -0.39 is 4.92 Å². The van der Waals surface area contributed by atoms with Crippen molar-refractivity contribution in [1.29, 1.82) is 5.26 Å². The average Bonchev–Trinajstić information content (AvgIpc) is 2.27. The maximum Gasteiger partial charge on any atom is 0.311 e. The van der Waals surface area contributed by atoms with Crippen LogP contribution in [0.5, 0.6) is 5.75 Å². The lowest BCUT2D eigenvalue weighted by Crippen LogP contribution is -1.99. The summed E-state index contributed by atoms with van der Waals surface area (Å²) in [6.45, 7) is 3.67. The Kier molecular flexibility index (Phi) is 4.04. The van der Waals surface area contributed by atoms with Crippen LogP contribution >= 0.6 is 0 Å². The number of nitriles is 1. The highest BCUT2D eigenvalue weighted by atomic mass is 16.6. The molecule has 82 valence electrons. The van der Waals surface area contributed by atoms with E-state index in [2.05, 4.69) is 6.58 Å². The second-order valence-corrected chi connectivity index (χ2v) is 2.99. The molecular formula is C11H10N2O3. The monoisotopic (exact) mass is 218 g/mol. The van der Waals surface area contributed by atoms with E-state index in [0.717, 1.165) is 0 Å². The van der Waals surface area contributed by atoms with Gasteiger partial charge in [0, 0.05) is 6.07 Å². The lowest BCUT2D eigenvalue weighted by atomic mass is 10.1. The van der Waals surface area contributed by atoms with Gasteiger partial charge in [-0.05, 0) is 11.6 Å². The van der Waals surface area contributed by atoms with E-state index in [0.29, 0.717) is 5.56 Å². The first-order valence-electron chi connectivity index (χ1n) is 4.57. The van der Waals surface area contributed by atoms with Gasteiger partial charge in [0.15, 0.2) is 5.75 Å². The van der Waals surface area contributed by atoms with Gasteiger partial charge in [0.2, 0.25) is 0 Å². The van der Waals surface area contributed by atoms with Crippen LogP contribution in [0.4, 0.5) is 5.69 Å². The van der Waals surface area contributed by atoms with Crippen LogP contribution in [0.15, 0.2) is 30.9 Å². The summed E-state index contributed by atoms with van der Waals surface area (Å²) in [5, 5.41) is 19.3. The zero-order valence-electron chi connectivity index (χ0n) is 8.55. The Balaban J connectivity index is 3.04. The lowest BCUT2D eigenvalue weighted by molar-refractivity contribution is -0.385. The molecule has 0 atom stereocenters. The van der Waals surface area contributed by atoms with Crippen molar-refractivity contribution in [2.24, 2.45) is 0 Å². The Morgan fingerprint density at radius 2 is 2.38 bits per heavy atom. The van der Waals surface area contributed by atoms with Crippen molar-refractivity contribution in [3.8, 4) is 11.8 Å². The van der Waals surface area contributed by atoms with Crippen molar-refractivity contribution in [3.05, 3.63) is 46.5 Å². The Morgan fingerprint density at radius 1 is 1.62 bits per heavy atom. The zero-order valence-corrected chi connectivity index (χ0v) is 8.55. The van der Waals surface area contributed by atoms with Crippen LogP contribution in [0.2, 0.25) is 0 Å². The van der Waals surface area contributed by atoms with Crippen LogP contribution in [0.3, 0.4) is 0 Å². The molecule has 0 fully saturated rings. The number of ether oxygens (including phenoxy) is 1. The van der Waals surface area contributed by atoms with E-state index in [4.69, 9.17) is 10.00 Å². The Morgan fingerprint density at radius 3 is 2.94 bits per heavy atom. The summed E-state index contributed by atoms with van der Waals surface area (Å²) < 4.78 is 5.14. The minimum absolute atomic E-state index is 0.130. The van der Waals surface area contributed by atoms with E-state index >= 15 is 0 Å². The highest BCUT2D eigenvalue weighted by Gasteiger charge is 2.15. The first-order valence-corrected chi connectivity index (χ1v) is 4.57. The molecule has 0 radical (unpaired) electrons. The normalized spacial score (nSPS) is 9.19. The van der Waals surface area contributed by atoms with Crippen molar-refractivity contribution < 1.29 is 9.66 Å². The van der Waals surface area contributed by atoms with Crippen molar-refractivity contribution in [3.63, 3.8) is 0 Å². The molecule has 1 aromatic rings. The summed E-state index contributed by atoms with van der Waals surface area (Å²) in [4.78, 5) is 10.2. The van der Waals surface area contributed by atoms with Gasteiger partial charge in [-0.1, -0.05) is 18.7 Å². The van der Waals surface area contributed by atoms with Gasteiger partial charge in [0.25, 0.3) is 0 Å². The summed E-state index contributed by atoms with van der Waals surface area (Å²) in [5.41, 5.74) is 0.467. The zero-order chi connectivity index (χ0) is 12.0. The largest absolute Gasteiger partial charge is 0.483 e. The highest BCUT2D eigenvalue weighted by Crippen LogP contribution is 2.28. The topological polar surface area (TPSA) is 76.2 Å². The molecule has 0 aromatic heterocycles. The van der Waals surface area contributed by atoms with Crippen LogP contribution in [-0.2, 0) is 6.42 Å². The fourth-order valence-electron chi connectivity index (χ4n) is 1.18. The third-order valence-corrected chi connectivity index (χ3v) is 1.86. The Labute approximate surface area is 92.7 Å². The average molecular weight is 218 g/mol. The third kappa shape index (κ3) is 2.82. The Hall–Kier alpha value is -2.35. The second kappa shape index (κ2) is 5.51. The number of nitro benzene ring substituents is 1. The van der Waals surface area contributed by atoms with Crippen LogP contribution < -0.4 is 4.74 Å². The fraction of sp³-hybridized carbons (Fsp3) is 0.182. The number of nitrogens with zero attached hydrogens (tertiary/aromatic N) is 2. The van der Waals surface area contributed by atoms with E-state index in [1.807, 2.05) is 6.07 Å². The smallest absolute Gasteiger partial charge is 0.311 e. The summed E-state index contributed by atoms with van der Waals surface area (Å²) in [7, 11) is 0. The minimum atomic E-state index is -0.528. The van der Waals surface area contributed by atoms with Gasteiger partial charge in [0.1, 0.15) is 6.61 Å². The number of hydrogen-bond acceptors (Lipinski definition) is 4. The molecular weight excluding hydrogens is 208 g/mol. The van der Waals surface area contributed by atoms with Crippen LogP contribution in [0, 0.1) is 21.4 Å². The summed E-state index contributed by atoms with van der Waals surface area (Å²) in [6, 6.07) is 6.41. The molecule has 0 spiro atoms. The van der Waals surface area contributed by atoms with E-state index in [1.165, 1.54) is 18.2 Å². The van der Waals surface area contributed by atoms with Crippen molar-refractivity contribution in [1.82, 2.24) is 0 Å². The van der Waals surface area contributed by atoms with Crippen LogP contribution in [-0.4, -0.2) is 11.5 Å². The summed E-state index contributed by atoms with van der Waals surface area (Å²) >= 11 is 0. The predicted molar refractivity (Wildman–Crippen MR) is 58.1 cm³/mol. The van der Waals surface area contributed by atoms with Gasteiger partial charge in [0.05, 0.1) is 17.4 Å². The standard InChI is InChI=1S/C11H10N2O3/c1-2-7-16-11-4-3-9(5-6-12)8-10(11)13(14)15/h2-4,8H,1,5,7H2. The van der Waals surface area contributed by atoms with E-state index in [9.17, 15) is 10.1 Å². The van der Waals surface area contributed by atoms with Gasteiger partial charge in [-0.3, -0.25) is 10.1 Å². The molecule has 0 saturated heterocycles. The Bertz CT molecular complexity index is 449. The summed E-state index contributed by atoms with van der Waals surface area (Å²) in [6.07, 6.45) is 1.65. The number of hydrogen-bond donors (Lipinski definition) is 0. The molecule has 0 saturated carbocycles. The van der Waals surface area contributed by atoms with Gasteiger partial charge in [-0.15, -0.1) is 0 Å². The first-order chi connectivity index (χ1) is 7.69. The molecule has 5 nitrogen and oxygen atoms in total. The fourth-order valence-corrected chi connectivity index (χ4v) is 1.18. The molecule has 0 N–H and O–H groups in total. The number of benzene rings is 1. The van der Waals surface area contributed by atoms with E-state index in [-0.39, 0.29) is 24.5 Å². The third-order valence-electron chi connectivity index (χ3n) is 1.86. The minimum Gasteiger partial charge on any atom is -0.483 e. The van der Waals surface area contributed by atoms with Gasteiger partial charge >= 0.3 is 5.69 Å². The van der Waals surface area contributed by atoms with Gasteiger partial charge in [-0.25, -0.2) is 0 Å². The molecule has 5 heteroatoms. The molecule has 1 aromatic carbocycles. The molecule has 0 aliphatic heterocycles. The maximum atomic E-state index is 10.8. The maximum absolute atomic E-state index is 10.8. The number of nitro groups is 1. The second-order valence-electron chi connectivity index (χ2n) is 2.99. The highest BCUT2D eigenvalue weighted by molar-refractivity contribution is 5.49. The molecule has 0 aliphatic rings. The molecule has 0 heterocycles. The SMILES string of the molecule is C=CCOc1ccc(CC#N)cc1[N+](=O)[O-]. The van der Waals surface area contributed by atoms with Crippen molar-refractivity contribution >= 4 is 5.69 Å². The number of rotatable bonds is 5. The van der Waals surface area contributed by atoms with E-state index in [1.54, 1.807) is 6.07 Å². The van der Waals surface area contributed by atoms with Crippen molar-refractivity contribution in [2.45, 2.75) is 6.42 Å². The van der Waals surface area contributed by atoms with Crippen LogP contribution in [0.25, 0.3) is 0 Å². The molecule has 1 rings (SSSR count). The quantitative estimate of drug-likeness (QED) is 0.431. The lowest BCUT2D eigenvalue weighted by Gasteiger charge is -2.04.